The fourth-order valence-corrected chi connectivity index (χ4v) is 8.44. The molecule has 0 atom stereocenters. The summed E-state index contributed by atoms with van der Waals surface area (Å²) in [6, 6.07) is 52.8. The van der Waals surface area contributed by atoms with Gasteiger partial charge < -0.3 is 18.9 Å². The number of ether oxygens (including phenoxy) is 2. The number of hydrogen-bond donors (Lipinski definition) is 0. The highest BCUT2D eigenvalue weighted by atomic mass is 16.5. The average molecular weight is 747 g/mol. The number of nitrogens with zero attached hydrogens (tertiary/aromatic N) is 6. The second-order valence-electron chi connectivity index (χ2n) is 14.4. The minimum atomic E-state index is 0.524. The number of pyridine rings is 2. The SMILES string of the molecule is N#Cc1ccc2c(c1)c1cc(C#N)ccc1n2-c1cccc2c1Oc1ccccc1Cc1cc(N3c4ccccc4Oc4ccccc43)cnc1-c1ncccc1C2. The third kappa shape index (κ3) is 5.28. The van der Waals surface area contributed by atoms with Gasteiger partial charge in [0.2, 0.25) is 0 Å². The fraction of sp³-hybridized carbons (Fsp3) is 0.0400. The van der Waals surface area contributed by atoms with Gasteiger partial charge in [0.25, 0.3) is 0 Å². The molecule has 0 saturated heterocycles. The zero-order valence-corrected chi connectivity index (χ0v) is 30.9. The number of anilines is 3. The van der Waals surface area contributed by atoms with Gasteiger partial charge in [0.1, 0.15) is 5.75 Å². The van der Waals surface area contributed by atoms with Gasteiger partial charge in [0, 0.05) is 35.4 Å². The molecule has 9 aromatic rings. The largest absolute Gasteiger partial charge is 0.455 e. The van der Waals surface area contributed by atoms with E-state index in [-0.39, 0.29) is 0 Å². The Labute approximate surface area is 333 Å². The lowest BCUT2D eigenvalue weighted by atomic mass is 9.96. The zero-order valence-electron chi connectivity index (χ0n) is 30.9. The first-order valence-electron chi connectivity index (χ1n) is 19.0. The molecule has 272 valence electrons. The predicted molar refractivity (Wildman–Crippen MR) is 225 cm³/mol. The van der Waals surface area contributed by atoms with Gasteiger partial charge in [-0.25, -0.2) is 0 Å². The summed E-state index contributed by atoms with van der Waals surface area (Å²) in [5, 5.41) is 21.4. The van der Waals surface area contributed by atoms with Crippen LogP contribution in [0.15, 0.2) is 158 Å². The lowest BCUT2D eigenvalue weighted by Crippen LogP contribution is -2.16. The lowest BCUT2D eigenvalue weighted by Gasteiger charge is -2.33. The molecule has 0 bridgehead atoms. The Balaban J connectivity index is 1.12. The van der Waals surface area contributed by atoms with E-state index in [0.717, 1.165) is 95.4 Å². The molecule has 58 heavy (non-hydrogen) atoms. The number of hydrogen-bond acceptors (Lipinski definition) is 7. The molecule has 0 radical (unpaired) electrons. The van der Waals surface area contributed by atoms with Crippen LogP contribution in [-0.2, 0) is 12.8 Å². The van der Waals surface area contributed by atoms with Crippen molar-refractivity contribution in [1.29, 1.82) is 10.5 Å². The Morgan fingerprint density at radius 2 is 1.09 bits per heavy atom. The van der Waals surface area contributed by atoms with Crippen LogP contribution in [0.4, 0.5) is 17.1 Å². The van der Waals surface area contributed by atoms with Crippen LogP contribution >= 0.6 is 0 Å². The number of fused-ring (bicyclic) bond motifs is 10. The molecule has 6 aromatic carbocycles. The minimum Gasteiger partial charge on any atom is -0.455 e. The van der Waals surface area contributed by atoms with Crippen LogP contribution < -0.4 is 14.4 Å². The van der Waals surface area contributed by atoms with E-state index in [1.807, 2.05) is 109 Å². The summed E-state index contributed by atoms with van der Waals surface area (Å²) in [5.74, 6) is 2.99. The van der Waals surface area contributed by atoms with Crippen molar-refractivity contribution in [2.24, 2.45) is 0 Å². The Morgan fingerprint density at radius 3 is 1.79 bits per heavy atom. The van der Waals surface area contributed by atoms with Crippen LogP contribution in [-0.4, -0.2) is 14.5 Å². The maximum absolute atomic E-state index is 9.83. The van der Waals surface area contributed by atoms with E-state index in [9.17, 15) is 10.5 Å². The summed E-state index contributed by atoms with van der Waals surface area (Å²) in [4.78, 5) is 12.4. The quantitative estimate of drug-likeness (QED) is 0.174. The molecule has 0 fully saturated rings. The molecule has 0 N–H and O–H groups in total. The summed E-state index contributed by atoms with van der Waals surface area (Å²) in [6.07, 6.45) is 4.81. The lowest BCUT2D eigenvalue weighted by molar-refractivity contribution is 0.470. The van der Waals surface area contributed by atoms with Gasteiger partial charge in [-0.1, -0.05) is 60.7 Å². The minimum absolute atomic E-state index is 0.524. The van der Waals surface area contributed by atoms with Crippen LogP contribution in [0, 0.1) is 22.7 Å². The number of benzene rings is 6. The standard InChI is InChI=1S/C50H30N6O2/c51-28-31-18-20-40-38(23-31)39-24-32(29-52)19-21-41(39)56(40)44-14-7-10-35-26-34-11-8-22-53-48(34)49-36(25-33-9-1-4-15-45(33)58-50(35)44)27-37(30-54-49)55-42-12-2-5-16-46(42)57-47-17-6-3-13-43(47)55/h1-24,27,30H,25-26H2. The second-order valence-corrected chi connectivity index (χ2v) is 14.4. The Hall–Kier alpha value is -8.20. The molecule has 8 heteroatoms. The van der Waals surface area contributed by atoms with Crippen LogP contribution in [0.25, 0.3) is 38.9 Å². The average Bonchev–Trinajstić information content (AvgIpc) is 3.58. The topological polar surface area (TPSA) is 100.0 Å². The monoisotopic (exact) mass is 746 g/mol. The Bertz CT molecular complexity index is 3130. The van der Waals surface area contributed by atoms with Crippen LogP contribution in [0.2, 0.25) is 0 Å². The van der Waals surface area contributed by atoms with Crippen LogP contribution in [0.3, 0.4) is 0 Å². The Morgan fingerprint density at radius 1 is 0.500 bits per heavy atom. The zero-order chi connectivity index (χ0) is 38.7. The first-order valence-corrected chi connectivity index (χ1v) is 19.0. The molecule has 0 unspecified atom stereocenters. The summed E-state index contributed by atoms with van der Waals surface area (Å²) >= 11 is 0. The maximum atomic E-state index is 9.83. The van der Waals surface area contributed by atoms with E-state index in [0.29, 0.717) is 29.7 Å². The summed E-state index contributed by atoms with van der Waals surface area (Å²) in [7, 11) is 0. The van der Waals surface area contributed by atoms with E-state index in [2.05, 4.69) is 70.1 Å². The van der Waals surface area contributed by atoms with Gasteiger partial charge in [-0.2, -0.15) is 10.5 Å². The summed E-state index contributed by atoms with van der Waals surface area (Å²) < 4.78 is 15.7. The van der Waals surface area contributed by atoms with Crippen molar-refractivity contribution >= 4 is 38.9 Å². The highest BCUT2D eigenvalue weighted by molar-refractivity contribution is 6.10. The van der Waals surface area contributed by atoms with Crippen LogP contribution in [0.1, 0.15) is 33.4 Å². The summed E-state index contributed by atoms with van der Waals surface area (Å²) in [5.41, 5.74) is 12.1. The van der Waals surface area contributed by atoms with E-state index < -0.39 is 0 Å². The summed E-state index contributed by atoms with van der Waals surface area (Å²) in [6.45, 7) is 0. The number of aromatic nitrogens is 3. The molecule has 2 aliphatic rings. The van der Waals surface area contributed by atoms with Crippen LogP contribution in [0.5, 0.6) is 23.0 Å². The normalized spacial score (nSPS) is 12.6. The molecule has 0 aliphatic carbocycles. The molecule has 8 nitrogen and oxygen atoms in total. The highest BCUT2D eigenvalue weighted by Gasteiger charge is 2.28. The molecule has 0 amide bonds. The molecule has 0 spiro atoms. The van der Waals surface area contributed by atoms with Crippen molar-refractivity contribution in [3.63, 3.8) is 0 Å². The molecule has 11 rings (SSSR count). The molecule has 5 heterocycles. The molecular weight excluding hydrogens is 717 g/mol. The fourth-order valence-electron chi connectivity index (χ4n) is 8.44. The predicted octanol–water partition coefficient (Wildman–Crippen LogP) is 11.8. The first-order chi connectivity index (χ1) is 28.6. The maximum Gasteiger partial charge on any atom is 0.154 e. The number of para-hydroxylation sites is 6. The third-order valence-corrected chi connectivity index (χ3v) is 11.0. The van der Waals surface area contributed by atoms with E-state index in [1.165, 1.54) is 0 Å². The molecule has 0 saturated carbocycles. The van der Waals surface area contributed by atoms with E-state index in [4.69, 9.17) is 19.4 Å². The third-order valence-electron chi connectivity index (χ3n) is 11.0. The van der Waals surface area contributed by atoms with Gasteiger partial charge in [-0.3, -0.25) is 9.97 Å². The second kappa shape index (κ2) is 13.2. The van der Waals surface area contributed by atoms with Gasteiger partial charge in [-0.05, 0) is 102 Å². The van der Waals surface area contributed by atoms with Crippen molar-refractivity contribution in [3.05, 3.63) is 191 Å². The van der Waals surface area contributed by atoms with Crippen molar-refractivity contribution < 1.29 is 9.47 Å². The van der Waals surface area contributed by atoms with E-state index in [1.54, 1.807) is 0 Å². The van der Waals surface area contributed by atoms with Gasteiger partial charge in [0.15, 0.2) is 17.2 Å². The Kier molecular flexibility index (Phi) is 7.57. The van der Waals surface area contributed by atoms with Crippen molar-refractivity contribution in [2.75, 3.05) is 4.90 Å². The molecule has 3 aromatic heterocycles. The van der Waals surface area contributed by atoms with Crippen molar-refractivity contribution in [3.8, 4) is 52.2 Å². The van der Waals surface area contributed by atoms with Crippen molar-refractivity contribution in [2.45, 2.75) is 12.8 Å². The van der Waals surface area contributed by atoms with Crippen molar-refractivity contribution in [1.82, 2.24) is 14.5 Å². The smallest absolute Gasteiger partial charge is 0.154 e. The van der Waals surface area contributed by atoms with Gasteiger partial charge >= 0.3 is 0 Å². The highest BCUT2D eigenvalue weighted by Crippen LogP contribution is 2.51. The first kappa shape index (κ1) is 33.2. The molecular formula is C50H30N6O2. The number of rotatable bonds is 2. The molecule has 2 aliphatic heterocycles. The number of nitriles is 2. The van der Waals surface area contributed by atoms with E-state index >= 15 is 0 Å². The van der Waals surface area contributed by atoms with Gasteiger partial charge in [-0.15, -0.1) is 0 Å². The van der Waals surface area contributed by atoms with Gasteiger partial charge in [0.05, 0.1) is 74.6 Å².